The van der Waals surface area contributed by atoms with Gasteiger partial charge in [0.05, 0.1) is 0 Å². The molecule has 0 saturated heterocycles. The third-order valence-electron chi connectivity index (χ3n) is 3.63. The number of nitrogens with zero attached hydrogens (tertiary/aromatic N) is 2. The molecule has 0 bridgehead atoms. The average molecular weight is 334 g/mol. The van der Waals surface area contributed by atoms with Crippen molar-refractivity contribution < 1.29 is 4.79 Å². The minimum absolute atomic E-state index is 0.282. The van der Waals surface area contributed by atoms with Crippen molar-refractivity contribution in [3.63, 3.8) is 0 Å². The Bertz CT molecular complexity index is 919. The van der Waals surface area contributed by atoms with Gasteiger partial charge in [-0.05, 0) is 16.8 Å². The highest BCUT2D eigenvalue weighted by Gasteiger charge is 2.11. The molecule has 3 aromatic rings. The topological polar surface area (TPSA) is 105 Å². The highest BCUT2D eigenvalue weighted by Crippen LogP contribution is 2.22. The molecule has 0 aliphatic heterocycles. The minimum atomic E-state index is -0.282. The van der Waals surface area contributed by atoms with E-state index in [1.807, 2.05) is 36.4 Å². The van der Waals surface area contributed by atoms with Gasteiger partial charge in [-0.2, -0.15) is 0 Å². The lowest BCUT2D eigenvalue weighted by Gasteiger charge is -2.13. The Hall–Kier alpha value is -3.61. The first-order valence-electron chi connectivity index (χ1n) is 7.70. The van der Waals surface area contributed by atoms with Crippen LogP contribution in [-0.4, -0.2) is 22.4 Å². The molecule has 1 amide bonds. The number of hydrogen-bond acceptors (Lipinski definition) is 6. The van der Waals surface area contributed by atoms with Gasteiger partial charge in [0.25, 0.3) is 5.91 Å². The van der Waals surface area contributed by atoms with Crippen LogP contribution in [0.2, 0.25) is 0 Å². The predicted molar refractivity (Wildman–Crippen MR) is 100 cm³/mol. The Morgan fingerprint density at radius 2 is 1.88 bits per heavy atom. The van der Waals surface area contributed by atoms with Crippen molar-refractivity contribution in [1.29, 1.82) is 0 Å². The molecule has 0 aliphatic rings. The normalized spacial score (nSPS) is 10.2. The molecule has 0 radical (unpaired) electrons. The highest BCUT2D eigenvalue weighted by atomic mass is 16.2. The highest BCUT2D eigenvalue weighted by molar-refractivity contribution is 6.07. The van der Waals surface area contributed by atoms with Gasteiger partial charge in [0.1, 0.15) is 12.0 Å². The van der Waals surface area contributed by atoms with E-state index in [0.717, 1.165) is 10.8 Å². The number of hydrogen-bond donors (Lipinski definition) is 4. The molecule has 0 atom stereocenters. The monoisotopic (exact) mass is 334 g/mol. The third-order valence-corrected chi connectivity index (χ3v) is 3.63. The Morgan fingerprint density at radius 3 is 2.72 bits per heavy atom. The fourth-order valence-corrected chi connectivity index (χ4v) is 2.41. The van der Waals surface area contributed by atoms with E-state index >= 15 is 0 Å². The van der Waals surface area contributed by atoms with Crippen LogP contribution in [0.5, 0.6) is 0 Å². The molecule has 0 unspecified atom stereocenters. The Morgan fingerprint density at radius 1 is 1.12 bits per heavy atom. The van der Waals surface area contributed by atoms with Gasteiger partial charge in [-0.3, -0.25) is 15.6 Å². The molecule has 0 aliphatic carbocycles. The van der Waals surface area contributed by atoms with Gasteiger partial charge in [0, 0.05) is 12.1 Å². The number of anilines is 3. The number of hydrazine groups is 1. The zero-order valence-electron chi connectivity index (χ0n) is 13.5. The molecule has 7 nitrogen and oxygen atoms in total. The number of carbonyl (C=O) groups is 1. The summed E-state index contributed by atoms with van der Waals surface area (Å²) < 4.78 is 0. The number of nitrogens with one attached hydrogen (secondary N) is 3. The maximum Gasteiger partial charge on any atom is 0.270 e. The quantitative estimate of drug-likeness (QED) is 0.408. The standard InChI is InChI=1S/C18H18N6O/c1-2-10-20-16-15(19)17(22-11-21-16)23-24-18(25)14-9-5-7-12-6-3-4-8-13(12)14/h2-9,11H,1,10,19H2,(H,24,25)(H2,20,21,22,23). The van der Waals surface area contributed by atoms with E-state index in [1.54, 1.807) is 12.1 Å². The molecule has 2 aromatic carbocycles. The summed E-state index contributed by atoms with van der Waals surface area (Å²) in [5.74, 6) is 0.502. The summed E-state index contributed by atoms with van der Waals surface area (Å²) in [5, 5.41) is 4.86. The number of aromatic nitrogens is 2. The first-order valence-corrected chi connectivity index (χ1v) is 7.70. The average Bonchev–Trinajstić information content (AvgIpc) is 2.65. The first kappa shape index (κ1) is 16.3. The fourth-order valence-electron chi connectivity index (χ4n) is 2.41. The summed E-state index contributed by atoms with van der Waals surface area (Å²) in [5.41, 5.74) is 12.2. The number of nitrogens with two attached hydrogens (primary N) is 1. The zero-order chi connectivity index (χ0) is 17.6. The smallest absolute Gasteiger partial charge is 0.270 e. The van der Waals surface area contributed by atoms with Crippen molar-refractivity contribution in [3.8, 4) is 0 Å². The molecule has 1 heterocycles. The second kappa shape index (κ2) is 7.31. The van der Waals surface area contributed by atoms with E-state index < -0.39 is 0 Å². The SMILES string of the molecule is C=CCNc1ncnc(NNC(=O)c2cccc3ccccc23)c1N. The summed E-state index contributed by atoms with van der Waals surface area (Å²) in [7, 11) is 0. The summed E-state index contributed by atoms with van der Waals surface area (Å²) >= 11 is 0. The van der Waals surface area contributed by atoms with Gasteiger partial charge >= 0.3 is 0 Å². The van der Waals surface area contributed by atoms with Crippen LogP contribution in [0.4, 0.5) is 17.3 Å². The Kier molecular flexibility index (Phi) is 4.75. The van der Waals surface area contributed by atoms with Gasteiger partial charge < -0.3 is 11.1 Å². The van der Waals surface area contributed by atoms with E-state index in [1.165, 1.54) is 6.33 Å². The molecule has 0 saturated carbocycles. The Labute approximate surface area is 145 Å². The van der Waals surface area contributed by atoms with Crippen molar-refractivity contribution in [3.05, 3.63) is 67.0 Å². The van der Waals surface area contributed by atoms with Gasteiger partial charge in [0.15, 0.2) is 11.6 Å². The van der Waals surface area contributed by atoms with Crippen molar-refractivity contribution in [2.75, 3.05) is 23.0 Å². The second-order valence-electron chi connectivity index (χ2n) is 5.26. The van der Waals surface area contributed by atoms with Crippen molar-refractivity contribution in [2.45, 2.75) is 0 Å². The van der Waals surface area contributed by atoms with Gasteiger partial charge in [0.2, 0.25) is 0 Å². The van der Waals surface area contributed by atoms with Crippen molar-refractivity contribution in [1.82, 2.24) is 15.4 Å². The molecule has 25 heavy (non-hydrogen) atoms. The molecule has 0 fully saturated rings. The number of nitrogen functional groups attached to an aromatic ring is 1. The van der Waals surface area contributed by atoms with E-state index in [4.69, 9.17) is 5.73 Å². The lowest BCUT2D eigenvalue weighted by molar-refractivity contribution is 0.0964. The van der Waals surface area contributed by atoms with E-state index in [0.29, 0.717) is 29.4 Å². The number of fused-ring (bicyclic) bond motifs is 1. The number of carbonyl (C=O) groups excluding carboxylic acids is 1. The first-order chi connectivity index (χ1) is 12.2. The second-order valence-corrected chi connectivity index (χ2v) is 5.26. The molecule has 126 valence electrons. The number of amides is 1. The van der Waals surface area contributed by atoms with Crippen LogP contribution < -0.4 is 21.9 Å². The molecule has 5 N–H and O–H groups in total. The number of rotatable bonds is 6. The summed E-state index contributed by atoms with van der Waals surface area (Å²) in [4.78, 5) is 20.6. The van der Waals surface area contributed by atoms with Crippen LogP contribution in [0.1, 0.15) is 10.4 Å². The van der Waals surface area contributed by atoms with Gasteiger partial charge in [-0.15, -0.1) is 6.58 Å². The van der Waals surface area contributed by atoms with Crippen LogP contribution in [0.3, 0.4) is 0 Å². The third kappa shape index (κ3) is 3.50. The van der Waals surface area contributed by atoms with E-state index in [-0.39, 0.29) is 5.91 Å². The van der Waals surface area contributed by atoms with Crippen LogP contribution in [0, 0.1) is 0 Å². The van der Waals surface area contributed by atoms with Gasteiger partial charge in [-0.1, -0.05) is 42.5 Å². The maximum absolute atomic E-state index is 12.5. The number of benzene rings is 2. The minimum Gasteiger partial charge on any atom is -0.393 e. The molecule has 0 spiro atoms. The van der Waals surface area contributed by atoms with Crippen LogP contribution >= 0.6 is 0 Å². The molecule has 1 aromatic heterocycles. The molecule has 3 rings (SSSR count). The van der Waals surface area contributed by atoms with Crippen LogP contribution in [0.15, 0.2) is 61.4 Å². The fraction of sp³-hybridized carbons (Fsp3) is 0.0556. The van der Waals surface area contributed by atoms with Gasteiger partial charge in [-0.25, -0.2) is 9.97 Å². The largest absolute Gasteiger partial charge is 0.393 e. The molecular formula is C18H18N6O. The molecular weight excluding hydrogens is 316 g/mol. The van der Waals surface area contributed by atoms with E-state index in [9.17, 15) is 4.79 Å². The lowest BCUT2D eigenvalue weighted by atomic mass is 10.0. The van der Waals surface area contributed by atoms with E-state index in [2.05, 4.69) is 32.7 Å². The Balaban J connectivity index is 1.77. The maximum atomic E-state index is 12.5. The van der Waals surface area contributed by atoms with Crippen LogP contribution in [0.25, 0.3) is 10.8 Å². The summed E-state index contributed by atoms with van der Waals surface area (Å²) in [6.07, 6.45) is 3.05. The lowest BCUT2D eigenvalue weighted by Crippen LogP contribution is -2.30. The summed E-state index contributed by atoms with van der Waals surface area (Å²) in [6.45, 7) is 4.14. The van der Waals surface area contributed by atoms with Crippen molar-refractivity contribution >= 4 is 34.0 Å². The van der Waals surface area contributed by atoms with Crippen molar-refractivity contribution in [2.24, 2.45) is 0 Å². The summed E-state index contributed by atoms with van der Waals surface area (Å²) in [6, 6.07) is 13.3. The zero-order valence-corrected chi connectivity index (χ0v) is 13.5. The molecule has 7 heteroatoms. The van der Waals surface area contributed by atoms with Crippen LogP contribution in [-0.2, 0) is 0 Å². The predicted octanol–water partition coefficient (Wildman–Crippen LogP) is 2.57.